The molecule has 0 spiro atoms. The molecule has 0 unspecified atom stereocenters. The molecule has 0 atom stereocenters. The average Bonchev–Trinajstić information content (AvgIpc) is 3.61. The third-order valence-electron chi connectivity index (χ3n) is 5.50. The van der Waals surface area contributed by atoms with Gasteiger partial charge in [-0.1, -0.05) is 42.5 Å². The second kappa shape index (κ2) is 8.23. The maximum atomic E-state index is 5.88. The largest absolute Gasteiger partial charge is 0.489 e. The molecule has 0 saturated heterocycles. The van der Waals surface area contributed by atoms with Gasteiger partial charge in [0.1, 0.15) is 18.7 Å². The molecule has 162 valence electrons. The molecule has 0 amide bonds. The number of aryl methyl sites for hydroxylation is 2. The number of hydrogen-bond acceptors (Lipinski definition) is 6. The molecule has 0 aliphatic rings. The van der Waals surface area contributed by atoms with Gasteiger partial charge in [-0.15, -0.1) is 5.10 Å². The van der Waals surface area contributed by atoms with E-state index in [1.807, 2.05) is 47.1 Å². The first-order chi connectivity index (χ1) is 16.3. The van der Waals surface area contributed by atoms with Crippen molar-refractivity contribution in [3.63, 3.8) is 0 Å². The summed E-state index contributed by atoms with van der Waals surface area (Å²) in [6.45, 7) is 1.26. The van der Waals surface area contributed by atoms with Crippen LogP contribution in [0.25, 0.3) is 28.3 Å². The average molecular weight is 436 g/mol. The van der Waals surface area contributed by atoms with Crippen molar-refractivity contribution in [3.05, 3.63) is 96.6 Å². The summed E-state index contributed by atoms with van der Waals surface area (Å²) in [6.07, 6.45) is 5.88. The minimum absolute atomic E-state index is 0.525. The second-order valence-electron chi connectivity index (χ2n) is 7.70. The molecule has 4 heterocycles. The number of rotatable bonds is 7. The van der Waals surface area contributed by atoms with Crippen molar-refractivity contribution in [3.8, 4) is 17.3 Å². The van der Waals surface area contributed by atoms with E-state index in [4.69, 9.17) is 9.15 Å². The third-order valence-corrected chi connectivity index (χ3v) is 5.50. The van der Waals surface area contributed by atoms with Gasteiger partial charge in [-0.2, -0.15) is 5.10 Å². The first-order valence-corrected chi connectivity index (χ1v) is 10.7. The highest BCUT2D eigenvalue weighted by atomic mass is 16.5. The highest BCUT2D eigenvalue weighted by Gasteiger charge is 2.14. The van der Waals surface area contributed by atoms with Gasteiger partial charge in [0, 0.05) is 6.54 Å². The summed E-state index contributed by atoms with van der Waals surface area (Å²) in [5.41, 5.74) is 3.84. The first-order valence-electron chi connectivity index (χ1n) is 10.7. The van der Waals surface area contributed by atoms with Crippen LogP contribution in [-0.4, -0.2) is 29.4 Å². The van der Waals surface area contributed by atoms with E-state index >= 15 is 0 Å². The van der Waals surface area contributed by atoms with Crippen LogP contribution in [0.3, 0.4) is 0 Å². The van der Waals surface area contributed by atoms with E-state index in [1.54, 1.807) is 23.3 Å². The maximum absolute atomic E-state index is 5.88. The van der Waals surface area contributed by atoms with Crippen LogP contribution in [0.2, 0.25) is 0 Å². The van der Waals surface area contributed by atoms with Crippen LogP contribution in [0.4, 0.5) is 0 Å². The molecule has 0 saturated carbocycles. The van der Waals surface area contributed by atoms with E-state index in [1.165, 1.54) is 5.56 Å². The number of fused-ring (bicyclic) bond motifs is 3. The molecular formula is C25H20N6O2. The van der Waals surface area contributed by atoms with Gasteiger partial charge in [-0.25, -0.2) is 19.2 Å². The van der Waals surface area contributed by atoms with Crippen molar-refractivity contribution >= 4 is 16.7 Å². The number of ether oxygens (including phenoxy) is 1. The lowest BCUT2D eigenvalue weighted by Gasteiger charge is -2.08. The molecule has 0 fully saturated rings. The summed E-state index contributed by atoms with van der Waals surface area (Å²) in [5, 5.41) is 9.84. The van der Waals surface area contributed by atoms with Crippen molar-refractivity contribution in [1.29, 1.82) is 0 Å². The monoisotopic (exact) mass is 436 g/mol. The quantitative estimate of drug-likeness (QED) is 0.365. The van der Waals surface area contributed by atoms with Gasteiger partial charge in [0.05, 0.1) is 17.8 Å². The molecular weight excluding hydrogens is 416 g/mol. The van der Waals surface area contributed by atoms with Crippen molar-refractivity contribution in [1.82, 2.24) is 29.4 Å². The normalized spacial score (nSPS) is 11.4. The number of hydrogen-bond donors (Lipinski definition) is 0. The van der Waals surface area contributed by atoms with Crippen LogP contribution >= 0.6 is 0 Å². The lowest BCUT2D eigenvalue weighted by molar-refractivity contribution is 0.306. The molecule has 0 bridgehead atoms. The van der Waals surface area contributed by atoms with Crippen LogP contribution in [-0.2, 0) is 19.6 Å². The fourth-order valence-electron chi connectivity index (χ4n) is 3.77. The van der Waals surface area contributed by atoms with E-state index in [2.05, 4.69) is 44.4 Å². The van der Waals surface area contributed by atoms with Crippen molar-refractivity contribution in [2.24, 2.45) is 0 Å². The number of benzene rings is 2. The molecule has 0 N–H and O–H groups in total. The Morgan fingerprint density at radius 1 is 0.879 bits per heavy atom. The summed E-state index contributed by atoms with van der Waals surface area (Å²) in [4.78, 5) is 9.17. The summed E-state index contributed by atoms with van der Waals surface area (Å²) in [6, 6.07) is 22.0. The van der Waals surface area contributed by atoms with Gasteiger partial charge in [0.25, 0.3) is 0 Å². The van der Waals surface area contributed by atoms with Gasteiger partial charge in [0.2, 0.25) is 5.82 Å². The zero-order valence-corrected chi connectivity index (χ0v) is 17.7. The minimum atomic E-state index is 0.525. The zero-order chi connectivity index (χ0) is 22.0. The van der Waals surface area contributed by atoms with Crippen LogP contribution < -0.4 is 4.74 Å². The lowest BCUT2D eigenvalue weighted by Crippen LogP contribution is -2.04. The van der Waals surface area contributed by atoms with Gasteiger partial charge in [-0.3, -0.25) is 0 Å². The topological polar surface area (TPSA) is 83.3 Å². The molecule has 0 aliphatic carbocycles. The lowest BCUT2D eigenvalue weighted by atomic mass is 10.1. The smallest absolute Gasteiger partial charge is 0.217 e. The molecule has 0 radical (unpaired) electrons. The van der Waals surface area contributed by atoms with Gasteiger partial charge in [-0.05, 0) is 41.8 Å². The molecule has 8 heteroatoms. The molecule has 33 heavy (non-hydrogen) atoms. The van der Waals surface area contributed by atoms with E-state index < -0.39 is 0 Å². The summed E-state index contributed by atoms with van der Waals surface area (Å²) in [5.74, 6) is 2.00. The Labute approximate surface area is 189 Å². The molecule has 0 aliphatic heterocycles. The van der Waals surface area contributed by atoms with Crippen LogP contribution in [0.15, 0.2) is 89.9 Å². The van der Waals surface area contributed by atoms with Crippen LogP contribution in [0, 0.1) is 0 Å². The SMILES string of the molecule is c1ccc(COc2ccc(CCn3ncc4c3ncn3nc(-c5ccco5)nc43)cc2)cc1. The Balaban J connectivity index is 1.16. The fourth-order valence-corrected chi connectivity index (χ4v) is 3.77. The summed E-state index contributed by atoms with van der Waals surface area (Å²) >= 11 is 0. The molecule has 6 aromatic rings. The predicted molar refractivity (Wildman–Crippen MR) is 123 cm³/mol. The Hall–Kier alpha value is -4.46. The zero-order valence-electron chi connectivity index (χ0n) is 17.7. The van der Waals surface area contributed by atoms with Gasteiger partial charge < -0.3 is 9.15 Å². The molecule has 2 aromatic carbocycles. The number of nitrogens with zero attached hydrogens (tertiary/aromatic N) is 6. The van der Waals surface area contributed by atoms with E-state index in [0.717, 1.165) is 28.8 Å². The van der Waals surface area contributed by atoms with Gasteiger partial charge >= 0.3 is 0 Å². The Morgan fingerprint density at radius 3 is 2.58 bits per heavy atom. The summed E-state index contributed by atoms with van der Waals surface area (Å²) < 4.78 is 14.8. The number of aromatic nitrogens is 6. The van der Waals surface area contributed by atoms with Crippen molar-refractivity contribution in [2.75, 3.05) is 0 Å². The molecule has 6 rings (SSSR count). The standard InChI is InChI=1S/C25H20N6O2/c1-2-5-19(6-3-1)16-33-20-10-8-18(9-11-20)12-13-30-24-21(15-27-30)25-28-23(22-7-4-14-32-22)29-31(25)17-26-24/h1-11,14-15,17H,12-13,16H2. The highest BCUT2D eigenvalue weighted by Crippen LogP contribution is 2.21. The van der Waals surface area contributed by atoms with Crippen molar-refractivity contribution in [2.45, 2.75) is 19.6 Å². The summed E-state index contributed by atoms with van der Waals surface area (Å²) in [7, 11) is 0. The molecule has 4 aromatic heterocycles. The highest BCUT2D eigenvalue weighted by molar-refractivity contribution is 5.88. The Kier molecular flexibility index (Phi) is 4.80. The fraction of sp³-hybridized carbons (Fsp3) is 0.120. The van der Waals surface area contributed by atoms with E-state index in [0.29, 0.717) is 30.4 Å². The maximum Gasteiger partial charge on any atom is 0.217 e. The van der Waals surface area contributed by atoms with Gasteiger partial charge in [0.15, 0.2) is 17.1 Å². The predicted octanol–water partition coefficient (Wildman–Crippen LogP) is 4.56. The molecule has 8 nitrogen and oxygen atoms in total. The Morgan fingerprint density at radius 2 is 1.76 bits per heavy atom. The third kappa shape index (κ3) is 3.82. The van der Waals surface area contributed by atoms with Crippen LogP contribution in [0.5, 0.6) is 5.75 Å². The van der Waals surface area contributed by atoms with E-state index in [-0.39, 0.29) is 0 Å². The minimum Gasteiger partial charge on any atom is -0.489 e. The van der Waals surface area contributed by atoms with E-state index in [9.17, 15) is 0 Å². The van der Waals surface area contributed by atoms with Crippen molar-refractivity contribution < 1.29 is 9.15 Å². The second-order valence-corrected chi connectivity index (χ2v) is 7.70. The van der Waals surface area contributed by atoms with Crippen LogP contribution in [0.1, 0.15) is 11.1 Å². The number of furan rings is 1. The Bertz CT molecular complexity index is 1500. The first kappa shape index (κ1) is 19.2.